The Hall–Kier alpha value is -1.29. The molecule has 0 aliphatic carbocycles. The van der Waals surface area contributed by atoms with Gasteiger partial charge < -0.3 is 0 Å². The molecule has 0 saturated heterocycles. The molecule has 0 bridgehead atoms. The smallest absolute Gasteiger partial charge is 0.298 e. The van der Waals surface area contributed by atoms with E-state index in [1.54, 1.807) is 0 Å². The van der Waals surface area contributed by atoms with E-state index in [4.69, 9.17) is 0 Å². The molecule has 0 aliphatic heterocycles. The van der Waals surface area contributed by atoms with Crippen LogP contribution in [0.25, 0.3) is 0 Å². The highest BCUT2D eigenvalue weighted by atomic mass is 19.3. The minimum absolute atomic E-state index is 0.298. The maximum Gasteiger partial charge on any atom is 0.326 e. The zero-order valence-corrected chi connectivity index (χ0v) is 6.13. The molecule has 0 aromatic heterocycles. The summed E-state index contributed by atoms with van der Waals surface area (Å²) in [6.07, 6.45) is 0.582. The van der Waals surface area contributed by atoms with E-state index in [9.17, 15) is 13.6 Å². The molecule has 0 atom stereocenters. The van der Waals surface area contributed by atoms with Gasteiger partial charge in [-0.05, 0) is 0 Å². The molecule has 2 N–H and O–H groups in total. The molecule has 0 spiro atoms. The van der Waals surface area contributed by atoms with Crippen LogP contribution in [-0.2, 0) is 6.05 Å². The molecule has 12 heavy (non-hydrogen) atoms. The van der Waals surface area contributed by atoms with Gasteiger partial charge in [-0.1, -0.05) is 24.3 Å². The molecule has 1 aromatic rings. The van der Waals surface area contributed by atoms with Gasteiger partial charge in [0.2, 0.25) is 0 Å². The summed E-state index contributed by atoms with van der Waals surface area (Å²) in [5.74, 6) is 0. The standard InChI is InChI=1S/C8H7F2NO/c9-8(10,11)7-3-1-6(5-12)2-4-7/h1-5H,11H2. The molecule has 0 aliphatic rings. The molecule has 64 valence electrons. The van der Waals surface area contributed by atoms with Crippen molar-refractivity contribution < 1.29 is 13.6 Å². The molecule has 1 rings (SSSR count). The second kappa shape index (κ2) is 2.98. The van der Waals surface area contributed by atoms with Crippen molar-refractivity contribution in [1.82, 2.24) is 0 Å². The second-order valence-electron chi connectivity index (χ2n) is 2.36. The quantitative estimate of drug-likeness (QED) is 0.541. The van der Waals surface area contributed by atoms with E-state index in [2.05, 4.69) is 5.73 Å². The summed E-state index contributed by atoms with van der Waals surface area (Å²) in [5.41, 5.74) is 4.58. The van der Waals surface area contributed by atoms with Crippen LogP contribution >= 0.6 is 0 Å². The normalized spacial score (nSPS) is 11.2. The van der Waals surface area contributed by atoms with Crippen LogP contribution in [0.4, 0.5) is 8.78 Å². The van der Waals surface area contributed by atoms with Crippen LogP contribution in [0.2, 0.25) is 0 Å². The minimum Gasteiger partial charge on any atom is -0.298 e. The van der Waals surface area contributed by atoms with Crippen molar-refractivity contribution in [2.24, 2.45) is 5.73 Å². The van der Waals surface area contributed by atoms with E-state index in [0.29, 0.717) is 11.8 Å². The van der Waals surface area contributed by atoms with E-state index in [-0.39, 0.29) is 5.56 Å². The topological polar surface area (TPSA) is 43.1 Å². The van der Waals surface area contributed by atoms with Gasteiger partial charge in [-0.25, -0.2) is 0 Å². The van der Waals surface area contributed by atoms with Crippen LogP contribution in [0.1, 0.15) is 15.9 Å². The Bertz CT molecular complexity index is 276. The van der Waals surface area contributed by atoms with E-state index < -0.39 is 6.05 Å². The van der Waals surface area contributed by atoms with Crippen molar-refractivity contribution in [3.05, 3.63) is 35.4 Å². The number of halogens is 2. The third-order valence-electron chi connectivity index (χ3n) is 1.43. The maximum absolute atomic E-state index is 12.4. The predicted octanol–water partition coefficient (Wildman–Crippen LogP) is 1.51. The highest BCUT2D eigenvalue weighted by Gasteiger charge is 2.24. The number of benzene rings is 1. The lowest BCUT2D eigenvalue weighted by Gasteiger charge is -2.09. The molecule has 4 heteroatoms. The Morgan fingerprint density at radius 2 is 1.75 bits per heavy atom. The van der Waals surface area contributed by atoms with Crippen molar-refractivity contribution >= 4 is 6.29 Å². The van der Waals surface area contributed by atoms with Gasteiger partial charge in [-0.2, -0.15) is 8.78 Å². The number of carbonyl (C=O) groups is 1. The van der Waals surface area contributed by atoms with Crippen molar-refractivity contribution in [1.29, 1.82) is 0 Å². The first-order chi connectivity index (χ1) is 5.54. The summed E-state index contributed by atoms with van der Waals surface area (Å²) in [5, 5.41) is 0. The SMILES string of the molecule is NC(F)(F)c1ccc(C=O)cc1. The Balaban J connectivity index is 3.00. The van der Waals surface area contributed by atoms with Gasteiger partial charge in [0.05, 0.1) is 0 Å². The lowest BCUT2D eigenvalue weighted by Crippen LogP contribution is -2.24. The third kappa shape index (κ3) is 1.85. The number of hydrogen-bond donors (Lipinski definition) is 1. The van der Waals surface area contributed by atoms with Crippen molar-refractivity contribution in [3.63, 3.8) is 0 Å². The van der Waals surface area contributed by atoms with Gasteiger partial charge >= 0.3 is 6.05 Å². The molecule has 0 amide bonds. The van der Waals surface area contributed by atoms with Crippen LogP contribution in [-0.4, -0.2) is 6.29 Å². The van der Waals surface area contributed by atoms with Gasteiger partial charge in [0.25, 0.3) is 0 Å². The van der Waals surface area contributed by atoms with E-state index in [0.717, 1.165) is 12.1 Å². The van der Waals surface area contributed by atoms with Crippen molar-refractivity contribution in [3.8, 4) is 0 Å². The average Bonchev–Trinajstić information content (AvgIpc) is 2.03. The molecule has 0 radical (unpaired) electrons. The summed E-state index contributed by atoms with van der Waals surface area (Å²) in [4.78, 5) is 10.1. The fraction of sp³-hybridized carbons (Fsp3) is 0.125. The Morgan fingerprint density at radius 3 is 2.08 bits per heavy atom. The Morgan fingerprint density at radius 1 is 1.25 bits per heavy atom. The fourth-order valence-corrected chi connectivity index (χ4v) is 0.784. The Kier molecular flexibility index (Phi) is 2.19. The monoisotopic (exact) mass is 171 g/mol. The van der Waals surface area contributed by atoms with Crippen LogP contribution in [0.5, 0.6) is 0 Å². The Labute approximate surface area is 68.0 Å². The highest BCUT2D eigenvalue weighted by molar-refractivity contribution is 5.74. The molecule has 1 aromatic carbocycles. The number of hydrogen-bond acceptors (Lipinski definition) is 2. The zero-order chi connectivity index (χ0) is 9.19. The first-order valence-electron chi connectivity index (χ1n) is 3.26. The molecular weight excluding hydrogens is 164 g/mol. The van der Waals surface area contributed by atoms with Crippen LogP contribution in [0, 0.1) is 0 Å². The highest BCUT2D eigenvalue weighted by Crippen LogP contribution is 2.20. The lowest BCUT2D eigenvalue weighted by atomic mass is 10.1. The number of rotatable bonds is 2. The second-order valence-corrected chi connectivity index (χ2v) is 2.36. The number of aldehydes is 1. The van der Waals surface area contributed by atoms with Gasteiger partial charge in [-0.15, -0.1) is 0 Å². The molecule has 0 fully saturated rings. The zero-order valence-electron chi connectivity index (χ0n) is 6.13. The van der Waals surface area contributed by atoms with Crippen molar-refractivity contribution in [2.75, 3.05) is 0 Å². The summed E-state index contributed by atoms with van der Waals surface area (Å²) in [6.45, 7) is 0. The van der Waals surface area contributed by atoms with Gasteiger partial charge in [0.15, 0.2) is 0 Å². The van der Waals surface area contributed by atoms with Crippen molar-refractivity contribution in [2.45, 2.75) is 6.05 Å². The number of alkyl halides is 2. The average molecular weight is 171 g/mol. The summed E-state index contributed by atoms with van der Waals surface area (Å²) >= 11 is 0. The first-order valence-corrected chi connectivity index (χ1v) is 3.26. The molecule has 0 unspecified atom stereocenters. The number of nitrogens with two attached hydrogens (primary N) is 1. The summed E-state index contributed by atoms with van der Waals surface area (Å²) in [7, 11) is 0. The van der Waals surface area contributed by atoms with Crippen LogP contribution in [0.15, 0.2) is 24.3 Å². The van der Waals surface area contributed by atoms with Gasteiger partial charge in [-0.3, -0.25) is 10.5 Å². The lowest BCUT2D eigenvalue weighted by molar-refractivity contribution is 0.00296. The minimum atomic E-state index is -3.33. The van der Waals surface area contributed by atoms with E-state index in [1.807, 2.05) is 0 Å². The summed E-state index contributed by atoms with van der Waals surface area (Å²) < 4.78 is 24.8. The third-order valence-corrected chi connectivity index (χ3v) is 1.43. The van der Waals surface area contributed by atoms with Gasteiger partial charge in [0, 0.05) is 11.1 Å². The summed E-state index contributed by atoms with van der Waals surface area (Å²) in [6, 6.07) is 1.51. The largest absolute Gasteiger partial charge is 0.326 e. The fourth-order valence-electron chi connectivity index (χ4n) is 0.784. The predicted molar refractivity (Wildman–Crippen MR) is 39.9 cm³/mol. The van der Waals surface area contributed by atoms with Gasteiger partial charge in [0.1, 0.15) is 6.29 Å². The maximum atomic E-state index is 12.4. The molecule has 0 saturated carbocycles. The molecular formula is C8H7F2NO. The van der Waals surface area contributed by atoms with E-state index >= 15 is 0 Å². The molecule has 0 heterocycles. The molecule has 2 nitrogen and oxygen atoms in total. The van der Waals surface area contributed by atoms with Crippen LogP contribution < -0.4 is 5.73 Å². The van der Waals surface area contributed by atoms with Crippen LogP contribution in [0.3, 0.4) is 0 Å². The first kappa shape index (κ1) is 8.80. The van der Waals surface area contributed by atoms with E-state index in [1.165, 1.54) is 12.1 Å². The number of carbonyl (C=O) groups excluding carboxylic acids is 1.